The number of carbonyl (C=O) groups excluding carboxylic acids is 1. The molecule has 1 aliphatic heterocycles. The summed E-state index contributed by atoms with van der Waals surface area (Å²) < 4.78 is 15.7. The first-order chi connectivity index (χ1) is 17.3. The van der Waals surface area contributed by atoms with E-state index in [4.69, 9.17) is 25.6 Å². The van der Waals surface area contributed by atoms with E-state index in [0.717, 1.165) is 0 Å². The predicted molar refractivity (Wildman–Crippen MR) is 133 cm³/mol. The summed E-state index contributed by atoms with van der Waals surface area (Å²) in [6.07, 6.45) is -1.29. The molecule has 0 spiro atoms. The minimum atomic E-state index is -1.10. The number of thiazole rings is 2. The van der Waals surface area contributed by atoms with Crippen LogP contribution in [0, 0.1) is 18.8 Å². The van der Waals surface area contributed by atoms with Crippen molar-refractivity contribution in [2.24, 2.45) is 0 Å². The fourth-order valence-corrected chi connectivity index (χ4v) is 5.76. The number of rotatable bonds is 5. The molecule has 1 unspecified atom stereocenters. The van der Waals surface area contributed by atoms with E-state index in [1.54, 1.807) is 32.0 Å². The number of carboxylic acid groups (broad SMARTS) is 1. The Labute approximate surface area is 217 Å². The Hall–Kier alpha value is -3.50. The summed E-state index contributed by atoms with van der Waals surface area (Å²) in [5.74, 6) is 5.14. The number of nitrogens with one attached hydrogen (secondary N) is 1. The fraction of sp³-hybridized carbons (Fsp3) is 0.261. The van der Waals surface area contributed by atoms with Gasteiger partial charge in [0.2, 0.25) is 0 Å². The molecule has 0 saturated carbocycles. The normalized spacial score (nSPS) is 15.0. The van der Waals surface area contributed by atoms with Gasteiger partial charge in [-0.15, -0.1) is 0 Å². The van der Waals surface area contributed by atoms with Gasteiger partial charge in [0.25, 0.3) is 0 Å². The number of carboxylic acids is 1. The second-order valence-electron chi connectivity index (χ2n) is 7.93. The number of fused-ring (bicyclic) bond motifs is 1. The average molecular weight is 545 g/mol. The first-order valence-electron chi connectivity index (χ1n) is 10.6. The lowest BCUT2D eigenvalue weighted by atomic mass is 9.87. The van der Waals surface area contributed by atoms with Crippen LogP contribution in [0.3, 0.4) is 0 Å². The molecule has 1 aromatic carbocycles. The van der Waals surface area contributed by atoms with Crippen LogP contribution in [0.25, 0.3) is 9.66 Å². The molecule has 36 heavy (non-hydrogen) atoms. The van der Waals surface area contributed by atoms with Crippen LogP contribution in [0.1, 0.15) is 40.1 Å². The molecule has 1 aliphatic rings. The number of aromatic nitrogens is 3. The van der Waals surface area contributed by atoms with Crippen LogP contribution in [-0.2, 0) is 19.7 Å². The minimum Gasteiger partial charge on any atom is -0.480 e. The molecule has 5 rings (SSSR count). The van der Waals surface area contributed by atoms with Gasteiger partial charge in [0.1, 0.15) is 16.8 Å². The number of anilines is 1. The molecule has 0 radical (unpaired) electrons. The Kier molecular flexibility index (Phi) is 6.40. The highest BCUT2D eigenvalue weighted by Crippen LogP contribution is 2.38. The molecule has 2 N–H and O–H groups in total. The molecule has 10 nitrogen and oxygen atoms in total. The first kappa shape index (κ1) is 24.2. The Morgan fingerprint density at radius 1 is 1.22 bits per heavy atom. The summed E-state index contributed by atoms with van der Waals surface area (Å²) >= 11 is 8.62. The van der Waals surface area contributed by atoms with E-state index in [1.807, 2.05) is 6.07 Å². The molecule has 13 heteroatoms. The van der Waals surface area contributed by atoms with Gasteiger partial charge in [0.05, 0.1) is 13.2 Å². The Balaban J connectivity index is 1.31. The maximum absolute atomic E-state index is 12.5. The van der Waals surface area contributed by atoms with E-state index in [2.05, 4.69) is 32.3 Å². The van der Waals surface area contributed by atoms with Gasteiger partial charge in [-0.25, -0.2) is 14.8 Å². The zero-order valence-corrected chi connectivity index (χ0v) is 21.2. The largest absolute Gasteiger partial charge is 0.480 e. The number of aliphatic carboxylic acids is 1. The van der Waals surface area contributed by atoms with Crippen LogP contribution < -0.4 is 5.32 Å². The molecule has 1 amide bonds. The zero-order valence-electron chi connectivity index (χ0n) is 18.8. The average Bonchev–Trinajstić information content (AvgIpc) is 3.45. The van der Waals surface area contributed by atoms with Crippen molar-refractivity contribution in [2.75, 3.05) is 18.5 Å². The summed E-state index contributed by atoms with van der Waals surface area (Å²) in [5, 5.41) is 17.5. The molecule has 0 bridgehead atoms. The first-order valence-corrected chi connectivity index (χ1v) is 12.6. The van der Waals surface area contributed by atoms with Crippen LogP contribution in [0.5, 0.6) is 0 Å². The number of amides is 1. The summed E-state index contributed by atoms with van der Waals surface area (Å²) in [6, 6.07) is 7.10. The van der Waals surface area contributed by atoms with Crippen molar-refractivity contribution < 1.29 is 28.7 Å². The van der Waals surface area contributed by atoms with Crippen LogP contribution in [0.2, 0.25) is 5.02 Å². The second-order valence-corrected chi connectivity index (χ2v) is 10.3. The van der Waals surface area contributed by atoms with Gasteiger partial charge in [-0.3, -0.25) is 10.1 Å². The van der Waals surface area contributed by atoms with Crippen molar-refractivity contribution in [1.82, 2.24) is 15.1 Å². The number of aryl methyl sites for hydroxylation is 1. The van der Waals surface area contributed by atoms with Gasteiger partial charge >= 0.3 is 12.1 Å². The van der Waals surface area contributed by atoms with E-state index in [0.29, 0.717) is 36.0 Å². The van der Waals surface area contributed by atoms with Gasteiger partial charge in [0.15, 0.2) is 31.5 Å². The molecule has 1 saturated heterocycles. The van der Waals surface area contributed by atoms with Crippen molar-refractivity contribution in [3.8, 4) is 11.8 Å². The maximum atomic E-state index is 12.5. The number of ether oxygens (including phenoxy) is 2. The number of hydrogen-bond acceptors (Lipinski definition) is 10. The van der Waals surface area contributed by atoms with Gasteiger partial charge < -0.3 is 19.1 Å². The highest BCUT2D eigenvalue weighted by molar-refractivity contribution is 7.26. The van der Waals surface area contributed by atoms with Crippen molar-refractivity contribution in [3.63, 3.8) is 0 Å². The third-order valence-electron chi connectivity index (χ3n) is 5.50. The number of nitrogens with zero attached hydrogens (tertiary/aromatic N) is 3. The van der Waals surface area contributed by atoms with Gasteiger partial charge in [0, 0.05) is 10.6 Å². The molecule has 0 aliphatic carbocycles. The van der Waals surface area contributed by atoms with Gasteiger partial charge in [-0.1, -0.05) is 57.6 Å². The lowest BCUT2D eigenvalue weighted by molar-refractivity contribution is -0.163. The van der Waals surface area contributed by atoms with Crippen molar-refractivity contribution in [3.05, 3.63) is 56.3 Å². The Morgan fingerprint density at radius 3 is 2.64 bits per heavy atom. The highest BCUT2D eigenvalue weighted by Gasteiger charge is 2.50. The summed E-state index contributed by atoms with van der Waals surface area (Å²) in [4.78, 5) is 34.3. The molecule has 1 atom stereocenters. The fourth-order valence-electron chi connectivity index (χ4n) is 3.42. The summed E-state index contributed by atoms with van der Waals surface area (Å²) in [5.41, 5.74) is 0.0637. The molecule has 3 aromatic heterocycles. The molecule has 184 valence electrons. The van der Waals surface area contributed by atoms with E-state index >= 15 is 0 Å². The van der Waals surface area contributed by atoms with Gasteiger partial charge in [-0.2, -0.15) is 0 Å². The lowest BCUT2D eigenvalue weighted by Crippen LogP contribution is -2.52. The summed E-state index contributed by atoms with van der Waals surface area (Å²) in [7, 11) is 0. The number of benzene rings is 1. The topological polar surface area (TPSA) is 137 Å². The minimum absolute atomic E-state index is 0.0939. The Morgan fingerprint density at radius 2 is 1.97 bits per heavy atom. The Bertz CT molecular complexity index is 1510. The van der Waals surface area contributed by atoms with Crippen LogP contribution >= 0.6 is 34.3 Å². The predicted octanol–water partition coefficient (Wildman–Crippen LogP) is 4.76. The smallest absolute Gasteiger partial charge is 0.412 e. The van der Waals surface area contributed by atoms with Crippen LogP contribution in [-0.4, -0.2) is 45.5 Å². The standard InChI is InChI=1S/C23H17ClN4O6S2/c1-11(13-5-3-4-6-14(13)24)33-22(31)26-17-12(2)34-28-15(17)7-8-16-25-18-19(35-16)27-20(36-18)23(21(29)30)9-32-10-23/h3-6,11H,9-10H2,1-2H3,(H,26,31)(H,29,30). The van der Waals surface area contributed by atoms with Crippen molar-refractivity contribution in [1.29, 1.82) is 0 Å². The SMILES string of the molecule is Cc1onc(C#Cc2nc3sc(C4(C(=O)O)COC4)nc3s2)c1NC(=O)OC(C)c1ccccc1Cl. The number of halogens is 1. The number of hydrogen-bond donors (Lipinski definition) is 2. The van der Waals surface area contributed by atoms with E-state index in [9.17, 15) is 14.7 Å². The molecular weight excluding hydrogens is 528 g/mol. The van der Waals surface area contributed by atoms with E-state index in [1.165, 1.54) is 22.7 Å². The molecule has 1 fully saturated rings. The highest BCUT2D eigenvalue weighted by atomic mass is 35.5. The third kappa shape index (κ3) is 4.42. The maximum Gasteiger partial charge on any atom is 0.412 e. The zero-order chi connectivity index (χ0) is 25.4. The third-order valence-corrected chi connectivity index (χ3v) is 7.99. The van der Waals surface area contributed by atoms with Crippen LogP contribution in [0.15, 0.2) is 28.8 Å². The van der Waals surface area contributed by atoms with Crippen molar-refractivity contribution in [2.45, 2.75) is 25.4 Å². The molecule has 4 heterocycles. The molecule has 4 aromatic rings. The lowest BCUT2D eigenvalue weighted by Gasteiger charge is -2.35. The van der Waals surface area contributed by atoms with E-state index in [-0.39, 0.29) is 24.6 Å². The van der Waals surface area contributed by atoms with Crippen molar-refractivity contribution >= 4 is 61.7 Å². The van der Waals surface area contributed by atoms with Gasteiger partial charge in [-0.05, 0) is 31.8 Å². The summed E-state index contributed by atoms with van der Waals surface area (Å²) in [6.45, 7) is 3.54. The monoisotopic (exact) mass is 544 g/mol. The quantitative estimate of drug-likeness (QED) is 0.340. The van der Waals surface area contributed by atoms with Crippen LogP contribution in [0.4, 0.5) is 10.5 Å². The second kappa shape index (κ2) is 9.51. The molecular formula is C23H17ClN4O6S2. The number of carbonyl (C=O) groups is 2. The van der Waals surface area contributed by atoms with E-state index < -0.39 is 23.6 Å².